The molecule has 4 rings (SSSR count). The monoisotopic (exact) mass is 365 g/mol. The average molecular weight is 366 g/mol. The molecule has 4 nitrogen and oxygen atoms in total. The average Bonchev–Trinajstić information content (AvgIpc) is 3.09. The zero-order valence-corrected chi connectivity index (χ0v) is 16.7. The minimum absolute atomic E-state index is 0.331. The van der Waals surface area contributed by atoms with Gasteiger partial charge in [0.2, 0.25) is 0 Å². The molecule has 4 heteroatoms. The van der Waals surface area contributed by atoms with Gasteiger partial charge in [-0.15, -0.1) is 0 Å². The first-order valence-electron chi connectivity index (χ1n) is 10.4. The molecule has 0 spiro atoms. The molecule has 2 aromatic rings. The van der Waals surface area contributed by atoms with Gasteiger partial charge in [-0.1, -0.05) is 6.07 Å². The van der Waals surface area contributed by atoms with Crippen LogP contribution >= 0.6 is 0 Å². The van der Waals surface area contributed by atoms with E-state index in [4.69, 9.17) is 0 Å². The number of aromatic nitrogens is 1. The van der Waals surface area contributed by atoms with Crippen LogP contribution in [0.2, 0.25) is 0 Å². The third kappa shape index (κ3) is 3.96. The van der Waals surface area contributed by atoms with Crippen LogP contribution in [-0.2, 0) is 13.0 Å². The topological polar surface area (TPSA) is 28.5 Å². The Balaban J connectivity index is 1.25. The number of Topliss-reactive ketones (excluding diaryl/α,β-unsaturated/α-hetero) is 1. The lowest BCUT2D eigenvalue weighted by molar-refractivity contribution is 0.0971. The Bertz CT molecular complexity index is 815. The fraction of sp³-hybridized carbons (Fsp3) is 0.522. The van der Waals surface area contributed by atoms with E-state index in [0.29, 0.717) is 5.78 Å². The van der Waals surface area contributed by atoms with Crippen molar-refractivity contribution in [2.45, 2.75) is 46.1 Å². The number of hydrogen-bond donors (Lipinski definition) is 0. The molecule has 0 radical (unpaired) electrons. The molecular formula is C23H31N3O. The van der Waals surface area contributed by atoms with Crippen molar-refractivity contribution in [2.75, 3.05) is 37.6 Å². The summed E-state index contributed by atoms with van der Waals surface area (Å²) in [5.41, 5.74) is 6.35. The van der Waals surface area contributed by atoms with Crippen LogP contribution in [0.5, 0.6) is 0 Å². The molecule has 0 atom stereocenters. The summed E-state index contributed by atoms with van der Waals surface area (Å²) in [6.45, 7) is 11.0. The van der Waals surface area contributed by atoms with Crippen molar-refractivity contribution >= 4 is 11.5 Å². The zero-order valence-electron chi connectivity index (χ0n) is 16.7. The van der Waals surface area contributed by atoms with Crippen LogP contribution in [0.15, 0.2) is 30.5 Å². The van der Waals surface area contributed by atoms with Gasteiger partial charge in [-0.05, 0) is 69.0 Å². The summed E-state index contributed by atoms with van der Waals surface area (Å²) in [6, 6.07) is 8.84. The lowest BCUT2D eigenvalue weighted by Crippen LogP contribution is -2.46. The molecule has 27 heavy (non-hydrogen) atoms. The molecular weight excluding hydrogens is 334 g/mol. The van der Waals surface area contributed by atoms with Crippen molar-refractivity contribution in [1.82, 2.24) is 9.47 Å². The first kappa shape index (κ1) is 18.3. The number of carbonyl (C=O) groups is 1. The predicted molar refractivity (Wildman–Crippen MR) is 111 cm³/mol. The highest BCUT2D eigenvalue weighted by Crippen LogP contribution is 2.23. The summed E-state index contributed by atoms with van der Waals surface area (Å²) < 4.78 is 2.32. The summed E-state index contributed by atoms with van der Waals surface area (Å²) in [5, 5.41) is 0. The fourth-order valence-corrected chi connectivity index (χ4v) is 4.41. The zero-order chi connectivity index (χ0) is 18.8. The number of nitrogens with zero attached hydrogens (tertiary/aromatic N) is 3. The molecule has 1 saturated heterocycles. The van der Waals surface area contributed by atoms with E-state index in [-0.39, 0.29) is 0 Å². The van der Waals surface area contributed by atoms with Gasteiger partial charge in [0.05, 0.1) is 0 Å². The van der Waals surface area contributed by atoms with Crippen LogP contribution in [0.4, 0.5) is 5.69 Å². The van der Waals surface area contributed by atoms with Gasteiger partial charge in [-0.2, -0.15) is 0 Å². The number of carbonyl (C=O) groups excluding carboxylic acids is 1. The van der Waals surface area contributed by atoms with Crippen LogP contribution in [0, 0.1) is 13.8 Å². The van der Waals surface area contributed by atoms with Gasteiger partial charge in [-0.3, -0.25) is 9.69 Å². The van der Waals surface area contributed by atoms with Gasteiger partial charge in [0.1, 0.15) is 0 Å². The quantitative estimate of drug-likeness (QED) is 0.806. The second kappa shape index (κ2) is 7.89. The SMILES string of the molecule is Cc1ccc(N2CCN(CCCn3ccc4c3CCCC4=O)CC2)cc1C. The number of benzene rings is 1. The Morgan fingerprint density at radius 2 is 1.74 bits per heavy atom. The summed E-state index contributed by atoms with van der Waals surface area (Å²) in [6.07, 6.45) is 6.06. The number of piperazine rings is 1. The highest BCUT2D eigenvalue weighted by molar-refractivity contribution is 5.98. The molecule has 1 aromatic heterocycles. The minimum atomic E-state index is 0.331. The molecule has 2 aliphatic rings. The van der Waals surface area contributed by atoms with E-state index in [1.165, 1.54) is 22.5 Å². The molecule has 0 N–H and O–H groups in total. The van der Waals surface area contributed by atoms with Crippen LogP contribution in [-0.4, -0.2) is 48.0 Å². The van der Waals surface area contributed by atoms with Crippen LogP contribution in [0.25, 0.3) is 0 Å². The minimum Gasteiger partial charge on any atom is -0.369 e. The van der Waals surface area contributed by atoms with E-state index < -0.39 is 0 Å². The second-order valence-electron chi connectivity index (χ2n) is 8.10. The summed E-state index contributed by atoms with van der Waals surface area (Å²) >= 11 is 0. The number of hydrogen-bond acceptors (Lipinski definition) is 3. The smallest absolute Gasteiger partial charge is 0.164 e. The van der Waals surface area contributed by atoms with E-state index in [1.54, 1.807) is 0 Å². The van der Waals surface area contributed by atoms with Crippen molar-refractivity contribution in [3.8, 4) is 0 Å². The Kier molecular flexibility index (Phi) is 5.35. The largest absolute Gasteiger partial charge is 0.369 e. The second-order valence-corrected chi connectivity index (χ2v) is 8.10. The first-order valence-corrected chi connectivity index (χ1v) is 10.4. The molecule has 144 valence electrons. The van der Waals surface area contributed by atoms with Gasteiger partial charge in [0.15, 0.2) is 5.78 Å². The summed E-state index contributed by atoms with van der Waals surface area (Å²) in [4.78, 5) is 17.1. The number of ketones is 1. The van der Waals surface area contributed by atoms with E-state index in [1.807, 2.05) is 6.07 Å². The summed E-state index contributed by atoms with van der Waals surface area (Å²) in [5.74, 6) is 0.331. The van der Waals surface area contributed by atoms with Crippen molar-refractivity contribution in [1.29, 1.82) is 0 Å². The van der Waals surface area contributed by atoms with Gasteiger partial charge in [0.25, 0.3) is 0 Å². The third-order valence-electron chi connectivity index (χ3n) is 6.30. The predicted octanol–water partition coefficient (Wildman–Crippen LogP) is 3.84. The molecule has 2 heterocycles. The van der Waals surface area contributed by atoms with Gasteiger partial charge >= 0.3 is 0 Å². The van der Waals surface area contributed by atoms with Crippen molar-refractivity contribution in [3.05, 3.63) is 52.8 Å². The van der Waals surface area contributed by atoms with E-state index in [2.05, 4.69) is 52.6 Å². The lowest BCUT2D eigenvalue weighted by Gasteiger charge is -2.36. The maximum absolute atomic E-state index is 12.0. The van der Waals surface area contributed by atoms with Gasteiger partial charge in [0, 0.05) is 62.3 Å². The Morgan fingerprint density at radius 1 is 0.926 bits per heavy atom. The molecule has 1 fully saturated rings. The molecule has 1 aromatic carbocycles. The van der Waals surface area contributed by atoms with E-state index >= 15 is 0 Å². The maximum Gasteiger partial charge on any atom is 0.164 e. The van der Waals surface area contributed by atoms with Crippen LogP contribution in [0.1, 0.15) is 46.4 Å². The lowest BCUT2D eigenvalue weighted by atomic mass is 9.97. The first-order chi connectivity index (χ1) is 13.1. The molecule has 0 amide bonds. The highest BCUT2D eigenvalue weighted by atomic mass is 16.1. The Hall–Kier alpha value is -2.07. The molecule has 0 unspecified atom stereocenters. The fourth-order valence-electron chi connectivity index (χ4n) is 4.41. The van der Waals surface area contributed by atoms with Crippen molar-refractivity contribution in [3.63, 3.8) is 0 Å². The van der Waals surface area contributed by atoms with E-state index in [0.717, 1.165) is 70.5 Å². The Labute approximate surface area is 162 Å². The van der Waals surface area contributed by atoms with Crippen LogP contribution in [0.3, 0.4) is 0 Å². The normalized spacial score (nSPS) is 18.0. The van der Waals surface area contributed by atoms with Crippen molar-refractivity contribution < 1.29 is 4.79 Å². The number of aryl methyl sites for hydroxylation is 3. The van der Waals surface area contributed by atoms with Gasteiger partial charge in [-0.25, -0.2) is 0 Å². The summed E-state index contributed by atoms with van der Waals surface area (Å²) in [7, 11) is 0. The standard InChI is InChI=1S/C23H31N3O/c1-18-7-8-20(17-19(18)2)25-15-13-24(14-16-25)10-4-11-26-12-9-21-22(26)5-3-6-23(21)27/h7-9,12,17H,3-6,10-11,13-16H2,1-2H3. The molecule has 0 bridgehead atoms. The van der Waals surface area contributed by atoms with Gasteiger partial charge < -0.3 is 9.47 Å². The highest BCUT2D eigenvalue weighted by Gasteiger charge is 2.21. The number of anilines is 1. The Morgan fingerprint density at radius 3 is 2.52 bits per heavy atom. The molecule has 1 aliphatic carbocycles. The molecule has 0 saturated carbocycles. The molecule has 1 aliphatic heterocycles. The number of rotatable bonds is 5. The maximum atomic E-state index is 12.0. The van der Waals surface area contributed by atoms with Crippen molar-refractivity contribution in [2.24, 2.45) is 0 Å². The number of fused-ring (bicyclic) bond motifs is 1. The van der Waals surface area contributed by atoms with Crippen LogP contribution < -0.4 is 4.90 Å². The van der Waals surface area contributed by atoms with E-state index in [9.17, 15) is 4.79 Å². The third-order valence-corrected chi connectivity index (χ3v) is 6.30.